The minimum Gasteiger partial charge on any atom is -0.273 e. The molecule has 0 N–H and O–H groups in total. The Balaban J connectivity index is 1.72. The van der Waals surface area contributed by atoms with Crippen LogP contribution in [0.25, 0.3) is 0 Å². The van der Waals surface area contributed by atoms with Gasteiger partial charge in [-0.15, -0.1) is 11.3 Å². The number of amides is 1. The van der Waals surface area contributed by atoms with Crippen LogP contribution in [0.2, 0.25) is 0 Å². The zero-order valence-corrected chi connectivity index (χ0v) is 15.2. The molecule has 3 aromatic rings. The summed E-state index contributed by atoms with van der Waals surface area (Å²) in [4.78, 5) is 19.7. The number of hydrogen-bond donors (Lipinski definition) is 0. The standard InChI is InChI=1S/C21H17N3OS/c1-21(12-16-8-7-15(14-22)11-17(16)13-21)19(25)24(20-23-9-10-26-20)18-5-3-2-4-6-18/h2-11H,12-13H2,1H3. The van der Waals surface area contributed by atoms with Crippen LogP contribution in [0.5, 0.6) is 0 Å². The molecule has 1 aliphatic carbocycles. The highest BCUT2D eigenvalue weighted by atomic mass is 32.1. The van der Waals surface area contributed by atoms with Gasteiger partial charge in [-0.2, -0.15) is 5.26 Å². The zero-order valence-electron chi connectivity index (χ0n) is 14.3. The SMILES string of the molecule is CC1(C(=O)N(c2ccccc2)c2nccs2)Cc2ccc(C#N)cc2C1. The lowest BCUT2D eigenvalue weighted by Gasteiger charge is -2.30. The predicted molar refractivity (Wildman–Crippen MR) is 102 cm³/mol. The number of fused-ring (bicyclic) bond motifs is 1. The molecule has 0 saturated heterocycles. The monoisotopic (exact) mass is 359 g/mol. The molecular formula is C21H17N3OS. The normalized spacial score (nSPS) is 18.2. The van der Waals surface area contributed by atoms with Gasteiger partial charge < -0.3 is 0 Å². The first-order valence-corrected chi connectivity index (χ1v) is 9.30. The summed E-state index contributed by atoms with van der Waals surface area (Å²) in [6.07, 6.45) is 3.02. The van der Waals surface area contributed by atoms with Crippen LogP contribution < -0.4 is 4.90 Å². The van der Waals surface area contributed by atoms with Gasteiger partial charge >= 0.3 is 0 Å². The fourth-order valence-corrected chi connectivity index (χ4v) is 4.23. The molecule has 1 atom stereocenters. The molecule has 1 unspecified atom stereocenters. The predicted octanol–water partition coefficient (Wildman–Crippen LogP) is 4.48. The van der Waals surface area contributed by atoms with Gasteiger partial charge in [0.1, 0.15) is 0 Å². The van der Waals surface area contributed by atoms with Crippen molar-refractivity contribution in [3.63, 3.8) is 0 Å². The van der Waals surface area contributed by atoms with Crippen LogP contribution in [0.3, 0.4) is 0 Å². The van der Waals surface area contributed by atoms with E-state index >= 15 is 0 Å². The summed E-state index contributed by atoms with van der Waals surface area (Å²) in [5.74, 6) is 0.0355. The summed E-state index contributed by atoms with van der Waals surface area (Å²) in [6.45, 7) is 2.00. The second-order valence-corrected chi connectivity index (χ2v) is 7.67. The number of anilines is 2. The lowest BCUT2D eigenvalue weighted by Crippen LogP contribution is -2.40. The number of benzene rings is 2. The minimum atomic E-state index is -0.558. The number of rotatable bonds is 3. The van der Waals surface area contributed by atoms with Crippen molar-refractivity contribution in [2.75, 3.05) is 4.90 Å². The Morgan fingerprint density at radius 1 is 1.19 bits per heavy atom. The summed E-state index contributed by atoms with van der Waals surface area (Å²) < 4.78 is 0. The highest BCUT2D eigenvalue weighted by molar-refractivity contribution is 7.13. The van der Waals surface area contributed by atoms with Gasteiger partial charge in [0.05, 0.1) is 22.7 Å². The van der Waals surface area contributed by atoms with E-state index in [2.05, 4.69) is 11.1 Å². The average Bonchev–Trinajstić information content (AvgIpc) is 3.29. The van der Waals surface area contributed by atoms with Crippen molar-refractivity contribution in [1.29, 1.82) is 5.26 Å². The Morgan fingerprint density at radius 2 is 1.96 bits per heavy atom. The molecule has 128 valence electrons. The van der Waals surface area contributed by atoms with Gasteiger partial charge in [-0.05, 0) is 48.2 Å². The van der Waals surface area contributed by atoms with Crippen LogP contribution in [0, 0.1) is 16.7 Å². The number of nitriles is 1. The summed E-state index contributed by atoms with van der Waals surface area (Å²) in [7, 11) is 0. The molecule has 1 heterocycles. The maximum absolute atomic E-state index is 13.6. The van der Waals surface area contributed by atoms with Crippen molar-refractivity contribution in [3.05, 3.63) is 76.8 Å². The number of para-hydroxylation sites is 1. The van der Waals surface area contributed by atoms with Crippen molar-refractivity contribution in [1.82, 2.24) is 4.98 Å². The van der Waals surface area contributed by atoms with Gasteiger partial charge in [-0.3, -0.25) is 9.69 Å². The van der Waals surface area contributed by atoms with E-state index in [1.165, 1.54) is 11.3 Å². The van der Waals surface area contributed by atoms with Gasteiger partial charge in [0, 0.05) is 11.6 Å². The molecule has 1 amide bonds. The molecule has 1 aliphatic rings. The molecule has 2 aromatic carbocycles. The van der Waals surface area contributed by atoms with E-state index in [9.17, 15) is 4.79 Å². The number of carbonyl (C=O) groups is 1. The van der Waals surface area contributed by atoms with Crippen molar-refractivity contribution in [2.45, 2.75) is 19.8 Å². The molecule has 0 bridgehead atoms. The largest absolute Gasteiger partial charge is 0.273 e. The maximum atomic E-state index is 13.6. The Morgan fingerprint density at radius 3 is 2.65 bits per heavy atom. The third-order valence-electron chi connectivity index (χ3n) is 4.84. The van der Waals surface area contributed by atoms with Crippen molar-refractivity contribution >= 4 is 28.1 Å². The number of carbonyl (C=O) groups excluding carboxylic acids is 1. The molecule has 0 aliphatic heterocycles. The quantitative estimate of drug-likeness (QED) is 0.692. The van der Waals surface area contributed by atoms with E-state index in [-0.39, 0.29) is 5.91 Å². The highest BCUT2D eigenvalue weighted by Crippen LogP contribution is 2.41. The first kappa shape index (κ1) is 16.5. The Labute approximate surface area is 156 Å². The maximum Gasteiger partial charge on any atom is 0.239 e. The fourth-order valence-electron chi connectivity index (χ4n) is 3.57. The molecule has 4 nitrogen and oxygen atoms in total. The van der Waals surface area contributed by atoms with Crippen LogP contribution in [0.15, 0.2) is 60.1 Å². The van der Waals surface area contributed by atoms with Gasteiger partial charge in [-0.1, -0.05) is 31.2 Å². The van der Waals surface area contributed by atoms with E-state index in [1.807, 2.05) is 60.8 Å². The first-order valence-electron chi connectivity index (χ1n) is 8.42. The van der Waals surface area contributed by atoms with Gasteiger partial charge in [0.15, 0.2) is 5.13 Å². The number of hydrogen-bond acceptors (Lipinski definition) is 4. The van der Waals surface area contributed by atoms with Crippen LogP contribution >= 0.6 is 11.3 Å². The van der Waals surface area contributed by atoms with Gasteiger partial charge in [0.25, 0.3) is 0 Å². The average molecular weight is 359 g/mol. The Hall–Kier alpha value is -2.97. The zero-order chi connectivity index (χ0) is 18.1. The van der Waals surface area contributed by atoms with Crippen LogP contribution in [-0.4, -0.2) is 10.9 Å². The lowest BCUT2D eigenvalue weighted by molar-refractivity contribution is -0.126. The number of thiazole rings is 1. The van der Waals surface area contributed by atoms with Gasteiger partial charge in [-0.25, -0.2) is 4.98 Å². The molecule has 0 radical (unpaired) electrons. The summed E-state index contributed by atoms with van der Waals surface area (Å²) in [5.41, 5.74) is 3.14. The van der Waals surface area contributed by atoms with Gasteiger partial charge in [0.2, 0.25) is 5.91 Å². The fraction of sp³-hybridized carbons (Fsp3) is 0.190. The molecule has 5 heteroatoms. The third kappa shape index (κ3) is 2.79. The Bertz CT molecular complexity index is 992. The Kier molecular flexibility index (Phi) is 4.06. The molecule has 0 spiro atoms. The van der Waals surface area contributed by atoms with Crippen molar-refractivity contribution in [3.8, 4) is 6.07 Å². The molecule has 0 fully saturated rings. The number of aromatic nitrogens is 1. The molecule has 4 rings (SSSR count). The second kappa shape index (κ2) is 6.40. The molecule has 0 saturated carbocycles. The van der Waals surface area contributed by atoms with Crippen LogP contribution in [-0.2, 0) is 17.6 Å². The summed E-state index contributed by atoms with van der Waals surface area (Å²) in [5, 5.41) is 11.7. The van der Waals surface area contributed by atoms with E-state index < -0.39 is 5.41 Å². The molecular weight excluding hydrogens is 342 g/mol. The lowest BCUT2D eigenvalue weighted by atomic mass is 9.85. The minimum absolute atomic E-state index is 0.0355. The molecule has 1 aromatic heterocycles. The summed E-state index contributed by atoms with van der Waals surface area (Å²) >= 11 is 1.45. The smallest absolute Gasteiger partial charge is 0.239 e. The van der Waals surface area contributed by atoms with E-state index in [1.54, 1.807) is 11.1 Å². The summed E-state index contributed by atoms with van der Waals surface area (Å²) in [6, 6.07) is 17.5. The van der Waals surface area contributed by atoms with Crippen molar-refractivity contribution < 1.29 is 4.79 Å². The third-order valence-corrected chi connectivity index (χ3v) is 5.60. The van der Waals surface area contributed by atoms with Crippen LogP contribution in [0.4, 0.5) is 10.8 Å². The highest BCUT2D eigenvalue weighted by Gasteiger charge is 2.43. The van der Waals surface area contributed by atoms with E-state index in [0.29, 0.717) is 23.5 Å². The second-order valence-electron chi connectivity index (χ2n) is 6.80. The van der Waals surface area contributed by atoms with Crippen LogP contribution in [0.1, 0.15) is 23.6 Å². The molecule has 26 heavy (non-hydrogen) atoms. The first-order chi connectivity index (χ1) is 12.6. The topological polar surface area (TPSA) is 57.0 Å². The van der Waals surface area contributed by atoms with Crippen molar-refractivity contribution in [2.24, 2.45) is 5.41 Å². The number of nitrogens with zero attached hydrogens (tertiary/aromatic N) is 3. The van der Waals surface area contributed by atoms with E-state index in [0.717, 1.165) is 16.8 Å². The van der Waals surface area contributed by atoms with E-state index in [4.69, 9.17) is 5.26 Å².